The minimum absolute atomic E-state index is 0.111. The van der Waals surface area contributed by atoms with Gasteiger partial charge in [-0.3, -0.25) is 4.57 Å². The van der Waals surface area contributed by atoms with Crippen LogP contribution in [0.1, 0.15) is 0 Å². The van der Waals surface area contributed by atoms with Crippen molar-refractivity contribution in [3.63, 3.8) is 0 Å². The molecule has 0 aliphatic carbocycles. The summed E-state index contributed by atoms with van der Waals surface area (Å²) in [7, 11) is 0. The number of nitrogens with two attached hydrogens (primary N) is 1. The highest BCUT2D eigenvalue weighted by Gasteiger charge is 2.06. The average Bonchev–Trinajstić information content (AvgIpc) is 2.76. The van der Waals surface area contributed by atoms with Crippen LogP contribution in [-0.4, -0.2) is 14.5 Å². The Morgan fingerprint density at radius 1 is 1.18 bits per heavy atom. The van der Waals surface area contributed by atoms with Gasteiger partial charge < -0.3 is 5.73 Å². The molecule has 2 aromatic heterocycles. The summed E-state index contributed by atoms with van der Waals surface area (Å²) in [5, 5.41) is 0. The summed E-state index contributed by atoms with van der Waals surface area (Å²) < 4.78 is 14.9. The Hall–Kier alpha value is -2.43. The van der Waals surface area contributed by atoms with E-state index in [1.165, 1.54) is 6.07 Å². The first kappa shape index (κ1) is 9.77. The zero-order chi connectivity index (χ0) is 11.8. The highest BCUT2D eigenvalue weighted by molar-refractivity contribution is 5.72. The molecule has 2 N–H and O–H groups in total. The standard InChI is InChI=1S/C12H9FN4/c13-9-4-3-8(6-10(9)14)17-7-16-11-2-1-5-15-12(11)17/h1-7H,14H2. The van der Waals surface area contributed by atoms with Crippen LogP contribution in [0, 0.1) is 5.82 Å². The fourth-order valence-corrected chi connectivity index (χ4v) is 1.72. The van der Waals surface area contributed by atoms with E-state index in [4.69, 9.17) is 5.73 Å². The first-order valence-electron chi connectivity index (χ1n) is 5.09. The normalized spacial score (nSPS) is 10.9. The number of nitrogens with zero attached hydrogens (tertiary/aromatic N) is 3. The van der Waals surface area contributed by atoms with E-state index in [-0.39, 0.29) is 5.69 Å². The van der Waals surface area contributed by atoms with E-state index < -0.39 is 5.82 Å². The molecule has 3 aromatic rings. The summed E-state index contributed by atoms with van der Waals surface area (Å²) in [6.07, 6.45) is 3.33. The largest absolute Gasteiger partial charge is 0.396 e. The van der Waals surface area contributed by atoms with Crippen molar-refractivity contribution in [1.29, 1.82) is 0 Å². The molecule has 0 atom stereocenters. The molecular weight excluding hydrogens is 219 g/mol. The van der Waals surface area contributed by atoms with Gasteiger partial charge in [0.1, 0.15) is 17.7 Å². The predicted octanol–water partition coefficient (Wildman–Crippen LogP) is 2.14. The van der Waals surface area contributed by atoms with Gasteiger partial charge in [-0.2, -0.15) is 0 Å². The third kappa shape index (κ3) is 1.52. The topological polar surface area (TPSA) is 56.7 Å². The molecule has 4 nitrogen and oxygen atoms in total. The van der Waals surface area contributed by atoms with E-state index in [0.717, 1.165) is 16.9 Å². The van der Waals surface area contributed by atoms with E-state index in [1.54, 1.807) is 29.2 Å². The van der Waals surface area contributed by atoms with Crippen molar-refractivity contribution in [1.82, 2.24) is 14.5 Å². The van der Waals surface area contributed by atoms with Crippen LogP contribution in [0.25, 0.3) is 16.9 Å². The third-order valence-corrected chi connectivity index (χ3v) is 2.56. The second-order valence-corrected chi connectivity index (χ2v) is 3.67. The smallest absolute Gasteiger partial charge is 0.164 e. The number of nitrogen functional groups attached to an aromatic ring is 1. The first-order valence-corrected chi connectivity index (χ1v) is 5.09. The van der Waals surface area contributed by atoms with Crippen molar-refractivity contribution in [3.8, 4) is 5.69 Å². The van der Waals surface area contributed by atoms with Gasteiger partial charge in [0.2, 0.25) is 0 Å². The fourth-order valence-electron chi connectivity index (χ4n) is 1.72. The monoisotopic (exact) mass is 228 g/mol. The highest BCUT2D eigenvalue weighted by Crippen LogP contribution is 2.19. The number of hydrogen-bond acceptors (Lipinski definition) is 3. The van der Waals surface area contributed by atoms with Gasteiger partial charge in [0.25, 0.3) is 0 Å². The summed E-state index contributed by atoms with van der Waals surface area (Å²) in [4.78, 5) is 8.45. The number of hydrogen-bond donors (Lipinski definition) is 1. The van der Waals surface area contributed by atoms with Crippen LogP contribution in [0.4, 0.5) is 10.1 Å². The number of anilines is 1. The quantitative estimate of drug-likeness (QED) is 0.649. The third-order valence-electron chi connectivity index (χ3n) is 2.56. The summed E-state index contributed by atoms with van der Waals surface area (Å²) in [6, 6.07) is 8.22. The lowest BCUT2D eigenvalue weighted by Crippen LogP contribution is -1.97. The van der Waals surface area contributed by atoms with Crippen molar-refractivity contribution in [3.05, 3.63) is 48.7 Å². The average molecular weight is 228 g/mol. The molecule has 0 aliphatic rings. The second kappa shape index (κ2) is 3.55. The lowest BCUT2D eigenvalue weighted by molar-refractivity contribution is 0.632. The zero-order valence-corrected chi connectivity index (χ0v) is 8.84. The van der Waals surface area contributed by atoms with Crippen LogP contribution in [0.15, 0.2) is 42.9 Å². The second-order valence-electron chi connectivity index (χ2n) is 3.67. The fraction of sp³-hybridized carbons (Fsp3) is 0. The van der Waals surface area contributed by atoms with Crippen LogP contribution in [0.3, 0.4) is 0 Å². The van der Waals surface area contributed by atoms with Gasteiger partial charge in [-0.1, -0.05) is 0 Å². The van der Waals surface area contributed by atoms with Gasteiger partial charge in [-0.15, -0.1) is 0 Å². The van der Waals surface area contributed by atoms with Gasteiger partial charge in [0, 0.05) is 6.20 Å². The van der Waals surface area contributed by atoms with Crippen LogP contribution in [0.5, 0.6) is 0 Å². The maximum atomic E-state index is 13.1. The molecule has 0 aliphatic heterocycles. The molecule has 0 amide bonds. The summed E-state index contributed by atoms with van der Waals surface area (Å²) in [6.45, 7) is 0. The number of benzene rings is 1. The molecule has 3 rings (SSSR count). The molecule has 1 aromatic carbocycles. The highest BCUT2D eigenvalue weighted by atomic mass is 19.1. The van der Waals surface area contributed by atoms with Gasteiger partial charge >= 0.3 is 0 Å². The van der Waals surface area contributed by atoms with E-state index in [1.807, 2.05) is 12.1 Å². The molecule has 5 heteroatoms. The van der Waals surface area contributed by atoms with Gasteiger partial charge in [0.15, 0.2) is 5.65 Å². The van der Waals surface area contributed by atoms with E-state index in [2.05, 4.69) is 9.97 Å². The molecule has 2 heterocycles. The molecule has 0 unspecified atom stereocenters. The van der Waals surface area contributed by atoms with Crippen molar-refractivity contribution >= 4 is 16.9 Å². The van der Waals surface area contributed by atoms with Crippen LogP contribution in [0.2, 0.25) is 0 Å². The molecule has 17 heavy (non-hydrogen) atoms. The Bertz CT molecular complexity index is 690. The van der Waals surface area contributed by atoms with Gasteiger partial charge in [0.05, 0.1) is 11.4 Å². The van der Waals surface area contributed by atoms with E-state index in [9.17, 15) is 4.39 Å². The number of imidazole rings is 1. The number of aromatic nitrogens is 3. The van der Waals surface area contributed by atoms with Crippen LogP contribution in [-0.2, 0) is 0 Å². The molecule has 0 bridgehead atoms. The molecule has 0 saturated carbocycles. The Morgan fingerprint density at radius 3 is 2.88 bits per heavy atom. The Morgan fingerprint density at radius 2 is 2.06 bits per heavy atom. The van der Waals surface area contributed by atoms with E-state index >= 15 is 0 Å². The van der Waals surface area contributed by atoms with Gasteiger partial charge in [-0.05, 0) is 30.3 Å². The maximum absolute atomic E-state index is 13.1. The lowest BCUT2D eigenvalue weighted by Gasteiger charge is -2.04. The summed E-state index contributed by atoms with van der Waals surface area (Å²) in [5.74, 6) is -0.425. The lowest BCUT2D eigenvalue weighted by atomic mass is 10.2. The molecular formula is C12H9FN4. The predicted molar refractivity (Wildman–Crippen MR) is 63.2 cm³/mol. The van der Waals surface area contributed by atoms with Crippen molar-refractivity contribution in [2.45, 2.75) is 0 Å². The van der Waals surface area contributed by atoms with Crippen LogP contribution >= 0.6 is 0 Å². The number of halogens is 1. The summed E-state index contributed by atoms with van der Waals surface area (Å²) >= 11 is 0. The number of pyridine rings is 1. The van der Waals surface area contributed by atoms with Crippen LogP contribution < -0.4 is 5.73 Å². The minimum atomic E-state index is -0.425. The molecule has 84 valence electrons. The molecule has 0 radical (unpaired) electrons. The van der Waals surface area contributed by atoms with Gasteiger partial charge in [-0.25, -0.2) is 14.4 Å². The maximum Gasteiger partial charge on any atom is 0.164 e. The Kier molecular flexibility index (Phi) is 2.04. The number of fused-ring (bicyclic) bond motifs is 1. The molecule has 0 saturated heterocycles. The van der Waals surface area contributed by atoms with E-state index in [0.29, 0.717) is 0 Å². The molecule has 0 fully saturated rings. The Balaban J connectivity index is 2.24. The minimum Gasteiger partial charge on any atom is -0.396 e. The first-order chi connectivity index (χ1) is 8.25. The van der Waals surface area contributed by atoms with Crippen molar-refractivity contribution in [2.75, 3.05) is 5.73 Å². The van der Waals surface area contributed by atoms with Crippen molar-refractivity contribution in [2.24, 2.45) is 0 Å². The zero-order valence-electron chi connectivity index (χ0n) is 8.84. The Labute approximate surface area is 96.5 Å². The van der Waals surface area contributed by atoms with Crippen molar-refractivity contribution < 1.29 is 4.39 Å². The molecule has 0 spiro atoms. The SMILES string of the molecule is Nc1cc(-n2cnc3cccnc32)ccc1F. The number of rotatable bonds is 1. The summed E-state index contributed by atoms with van der Waals surface area (Å²) in [5.41, 5.74) is 7.90.